The first kappa shape index (κ1) is 23.0. The van der Waals surface area contributed by atoms with Crippen molar-refractivity contribution in [1.82, 2.24) is 4.57 Å². The number of hydrogen-bond acceptors (Lipinski definition) is 2. The topological polar surface area (TPSA) is 4.93 Å². The fourth-order valence-corrected chi connectivity index (χ4v) is 9.14. The molecule has 41 heavy (non-hydrogen) atoms. The van der Waals surface area contributed by atoms with Gasteiger partial charge in [-0.05, 0) is 29.3 Å². The van der Waals surface area contributed by atoms with E-state index in [9.17, 15) is 0 Å². The second-order valence-corrected chi connectivity index (χ2v) is 12.5. The van der Waals surface area contributed by atoms with Gasteiger partial charge in [-0.3, -0.25) is 0 Å². The molecule has 0 unspecified atom stereocenters. The molecule has 6 aromatic carbocycles. The van der Waals surface area contributed by atoms with Gasteiger partial charge in [-0.2, -0.15) is 0 Å². The monoisotopic (exact) mass is 557 g/mol. The average Bonchev–Trinajstić information content (AvgIpc) is 3.71. The number of benzene rings is 6. The summed E-state index contributed by atoms with van der Waals surface area (Å²) in [5.74, 6) is 0. The van der Waals surface area contributed by atoms with E-state index < -0.39 is 0 Å². The summed E-state index contributed by atoms with van der Waals surface area (Å²) in [6, 6.07) is 50.7. The van der Waals surface area contributed by atoms with Gasteiger partial charge in [0.25, 0.3) is 0 Å². The zero-order chi connectivity index (χ0) is 26.9. The van der Waals surface area contributed by atoms with E-state index in [2.05, 4.69) is 144 Å². The molecule has 0 aliphatic carbocycles. The van der Waals surface area contributed by atoms with Crippen molar-refractivity contribution in [3.05, 3.63) is 140 Å². The van der Waals surface area contributed by atoms with Crippen LogP contribution in [-0.2, 0) is 0 Å². The minimum absolute atomic E-state index is 1.20. The number of para-hydroxylation sites is 2. The van der Waals surface area contributed by atoms with Crippen LogP contribution in [0.4, 0.5) is 0 Å². The zero-order valence-corrected chi connectivity index (χ0v) is 23.7. The molecule has 0 amide bonds. The highest BCUT2D eigenvalue weighted by molar-refractivity contribution is 7.28. The van der Waals surface area contributed by atoms with E-state index in [-0.39, 0.29) is 0 Å². The van der Waals surface area contributed by atoms with Crippen molar-refractivity contribution in [2.24, 2.45) is 0 Å². The lowest BCUT2D eigenvalue weighted by Crippen LogP contribution is -1.92. The normalized spacial score (nSPS) is 11.9. The van der Waals surface area contributed by atoms with Crippen molar-refractivity contribution in [3.8, 4) is 27.9 Å². The Kier molecular flexibility index (Phi) is 5.00. The Morgan fingerprint density at radius 3 is 1.61 bits per heavy atom. The summed E-state index contributed by atoms with van der Waals surface area (Å²) in [7, 11) is 0. The summed E-state index contributed by atoms with van der Waals surface area (Å²) in [4.78, 5) is 0. The van der Waals surface area contributed by atoms with E-state index in [0.717, 1.165) is 0 Å². The summed E-state index contributed by atoms with van der Waals surface area (Å²) >= 11 is 3.85. The predicted octanol–water partition coefficient (Wildman–Crippen LogP) is 11.7. The number of hydrogen-bond donors (Lipinski definition) is 0. The Labute approximate surface area is 245 Å². The van der Waals surface area contributed by atoms with Gasteiger partial charge < -0.3 is 4.57 Å². The van der Waals surface area contributed by atoms with Gasteiger partial charge in [-0.15, -0.1) is 22.7 Å². The van der Waals surface area contributed by atoms with Crippen LogP contribution in [0.2, 0.25) is 0 Å². The zero-order valence-electron chi connectivity index (χ0n) is 22.0. The van der Waals surface area contributed by atoms with Crippen molar-refractivity contribution >= 4 is 74.1 Å². The van der Waals surface area contributed by atoms with Crippen LogP contribution in [0.1, 0.15) is 0 Å². The van der Waals surface area contributed by atoms with E-state index in [0.29, 0.717) is 0 Å². The predicted molar refractivity (Wildman–Crippen MR) is 180 cm³/mol. The molecule has 0 aliphatic heterocycles. The Hall–Kier alpha value is -4.70. The third kappa shape index (κ3) is 3.34. The highest BCUT2D eigenvalue weighted by atomic mass is 32.1. The third-order valence-corrected chi connectivity index (χ3v) is 10.8. The SMILES string of the molecule is c1ccc(-c2cccc3c2sc2c(-c4cccc5c4sc4c6ccccc6n(-c6ccccc6)c54)cccc23)cc1. The molecule has 0 fully saturated rings. The summed E-state index contributed by atoms with van der Waals surface area (Å²) in [6.45, 7) is 0. The van der Waals surface area contributed by atoms with Crippen molar-refractivity contribution in [2.75, 3.05) is 0 Å². The van der Waals surface area contributed by atoms with Crippen molar-refractivity contribution < 1.29 is 0 Å². The lowest BCUT2D eigenvalue weighted by Gasteiger charge is -2.09. The van der Waals surface area contributed by atoms with E-state index in [1.807, 2.05) is 22.7 Å². The summed E-state index contributed by atoms with van der Waals surface area (Å²) in [5.41, 5.74) is 8.95. The Morgan fingerprint density at radius 1 is 0.366 bits per heavy atom. The van der Waals surface area contributed by atoms with Gasteiger partial charge in [0, 0.05) is 52.5 Å². The minimum atomic E-state index is 1.20. The molecule has 3 heteroatoms. The lowest BCUT2D eigenvalue weighted by molar-refractivity contribution is 1.19. The molecule has 3 aromatic heterocycles. The van der Waals surface area contributed by atoms with Crippen LogP contribution >= 0.6 is 22.7 Å². The molecule has 9 rings (SSSR count). The molecule has 192 valence electrons. The van der Waals surface area contributed by atoms with Gasteiger partial charge in [-0.1, -0.05) is 121 Å². The summed E-state index contributed by atoms with van der Waals surface area (Å²) in [5, 5.41) is 5.28. The first-order valence-electron chi connectivity index (χ1n) is 13.9. The molecule has 0 saturated carbocycles. The smallest absolute Gasteiger partial charge is 0.0727 e. The number of rotatable bonds is 3. The Balaban J connectivity index is 1.36. The van der Waals surface area contributed by atoms with Gasteiger partial charge in [-0.25, -0.2) is 0 Å². The molecule has 0 bridgehead atoms. The van der Waals surface area contributed by atoms with E-state index in [4.69, 9.17) is 0 Å². The van der Waals surface area contributed by atoms with Crippen LogP contribution in [0.25, 0.3) is 79.3 Å². The van der Waals surface area contributed by atoms with Gasteiger partial charge in [0.05, 0.1) is 15.7 Å². The van der Waals surface area contributed by atoms with Gasteiger partial charge in [0.1, 0.15) is 0 Å². The van der Waals surface area contributed by atoms with E-state index in [1.54, 1.807) is 0 Å². The van der Waals surface area contributed by atoms with Crippen LogP contribution in [-0.4, -0.2) is 4.57 Å². The van der Waals surface area contributed by atoms with Crippen LogP contribution in [0.5, 0.6) is 0 Å². The summed E-state index contributed by atoms with van der Waals surface area (Å²) in [6.07, 6.45) is 0. The van der Waals surface area contributed by atoms with Crippen molar-refractivity contribution in [3.63, 3.8) is 0 Å². The highest BCUT2D eigenvalue weighted by Gasteiger charge is 2.21. The maximum Gasteiger partial charge on any atom is 0.0727 e. The van der Waals surface area contributed by atoms with Gasteiger partial charge >= 0.3 is 0 Å². The second-order valence-electron chi connectivity index (χ2n) is 10.5. The molecule has 0 radical (unpaired) electrons. The third-order valence-electron chi connectivity index (χ3n) is 8.22. The lowest BCUT2D eigenvalue weighted by atomic mass is 9.99. The number of nitrogens with zero attached hydrogens (tertiary/aromatic N) is 1. The molecule has 3 heterocycles. The molecular formula is C38H23NS2. The number of aromatic nitrogens is 1. The standard InChI is InChI=1S/C38H23NS2/c1-3-12-24(13-4-1)26-17-9-18-27-28-19-10-20-29(36(28)40-35(26)27)30-21-11-22-32-34-38(41-37(30)32)31-16-7-8-23-33(31)39(34)25-14-5-2-6-15-25/h1-23H. The largest absolute Gasteiger partial charge is 0.308 e. The second kappa shape index (κ2) is 8.90. The molecular weight excluding hydrogens is 535 g/mol. The van der Waals surface area contributed by atoms with E-state index in [1.165, 1.54) is 79.3 Å². The van der Waals surface area contributed by atoms with Crippen LogP contribution < -0.4 is 0 Å². The molecule has 1 nitrogen and oxygen atoms in total. The van der Waals surface area contributed by atoms with Gasteiger partial charge in [0.2, 0.25) is 0 Å². The molecule has 0 saturated heterocycles. The molecule has 9 aromatic rings. The van der Waals surface area contributed by atoms with Crippen LogP contribution in [0.3, 0.4) is 0 Å². The Morgan fingerprint density at radius 2 is 0.878 bits per heavy atom. The fourth-order valence-electron chi connectivity index (χ4n) is 6.43. The van der Waals surface area contributed by atoms with Crippen LogP contribution in [0.15, 0.2) is 140 Å². The molecule has 0 spiro atoms. The van der Waals surface area contributed by atoms with E-state index >= 15 is 0 Å². The minimum Gasteiger partial charge on any atom is -0.308 e. The van der Waals surface area contributed by atoms with Crippen molar-refractivity contribution in [1.29, 1.82) is 0 Å². The maximum atomic E-state index is 2.44. The quantitative estimate of drug-likeness (QED) is 0.204. The van der Waals surface area contributed by atoms with Crippen molar-refractivity contribution in [2.45, 2.75) is 0 Å². The number of fused-ring (bicyclic) bond motifs is 8. The summed E-state index contributed by atoms with van der Waals surface area (Å²) < 4.78 is 7.85. The van der Waals surface area contributed by atoms with Gasteiger partial charge in [0.15, 0.2) is 0 Å². The van der Waals surface area contributed by atoms with Crippen LogP contribution in [0, 0.1) is 0 Å². The molecule has 0 N–H and O–H groups in total. The first-order chi connectivity index (χ1) is 20.4. The Bertz CT molecular complexity index is 2410. The average molecular weight is 558 g/mol. The first-order valence-corrected chi connectivity index (χ1v) is 15.5. The maximum absolute atomic E-state index is 2.44. The highest BCUT2D eigenvalue weighted by Crippen LogP contribution is 2.49. The molecule has 0 atom stereocenters. The fraction of sp³-hybridized carbons (Fsp3) is 0. The number of thiophene rings is 2. The molecule has 0 aliphatic rings.